The molecule has 2 aromatic heterocycles. The summed E-state index contributed by atoms with van der Waals surface area (Å²) >= 11 is 7.27. The van der Waals surface area contributed by atoms with Crippen LogP contribution in [-0.4, -0.2) is 24.7 Å². The first-order valence-corrected chi connectivity index (χ1v) is 9.15. The highest BCUT2D eigenvalue weighted by Gasteiger charge is 2.15. The molecule has 2 unspecified atom stereocenters. The van der Waals surface area contributed by atoms with E-state index in [0.717, 1.165) is 21.6 Å². The van der Waals surface area contributed by atoms with Gasteiger partial charge in [-0.05, 0) is 31.2 Å². The Morgan fingerprint density at radius 2 is 2.12 bits per heavy atom. The molecule has 2 atom stereocenters. The number of aliphatic imine (C=N–C) groups is 1. The molecule has 0 radical (unpaired) electrons. The van der Waals surface area contributed by atoms with E-state index < -0.39 is 6.10 Å². The molecule has 7 heteroatoms. The third-order valence-electron chi connectivity index (χ3n) is 3.83. The largest absolute Gasteiger partial charge is 0.459 e. The van der Waals surface area contributed by atoms with E-state index in [9.17, 15) is 5.11 Å². The number of halogens is 1. The molecule has 0 amide bonds. The molecular weight excluding hydrogens is 358 g/mol. The molecule has 0 aliphatic rings. The number of para-hydroxylation sites is 1. The molecule has 0 bridgehead atoms. The van der Waals surface area contributed by atoms with Gasteiger partial charge in [0.1, 0.15) is 17.4 Å². The Kier molecular flexibility index (Phi) is 5.63. The van der Waals surface area contributed by atoms with Crippen LogP contribution in [0.4, 0.5) is 0 Å². The van der Waals surface area contributed by atoms with Crippen LogP contribution in [0.25, 0.3) is 11.0 Å². The summed E-state index contributed by atoms with van der Waals surface area (Å²) in [6.07, 6.45) is -0.641. The highest BCUT2D eigenvalue weighted by molar-refractivity contribution is 7.16. The van der Waals surface area contributed by atoms with Crippen molar-refractivity contribution in [3.8, 4) is 0 Å². The third-order valence-corrected chi connectivity index (χ3v) is 5.17. The molecule has 1 aromatic carbocycles. The summed E-state index contributed by atoms with van der Waals surface area (Å²) in [7, 11) is 1.69. The van der Waals surface area contributed by atoms with Crippen molar-refractivity contribution >= 4 is 39.9 Å². The van der Waals surface area contributed by atoms with Gasteiger partial charge in [-0.25, -0.2) is 0 Å². The Labute approximate surface area is 155 Å². The zero-order valence-corrected chi connectivity index (χ0v) is 15.6. The van der Waals surface area contributed by atoms with E-state index in [1.165, 1.54) is 11.3 Å². The van der Waals surface area contributed by atoms with Crippen molar-refractivity contribution in [2.24, 2.45) is 4.99 Å². The van der Waals surface area contributed by atoms with E-state index in [4.69, 9.17) is 16.0 Å². The maximum absolute atomic E-state index is 10.2. The number of fused-ring (bicyclic) bond motifs is 1. The molecule has 0 saturated carbocycles. The highest BCUT2D eigenvalue weighted by Crippen LogP contribution is 2.26. The summed E-state index contributed by atoms with van der Waals surface area (Å²) in [6, 6.07) is 13.5. The Hall–Kier alpha value is -2.02. The summed E-state index contributed by atoms with van der Waals surface area (Å²) < 4.78 is 6.53. The van der Waals surface area contributed by atoms with Crippen molar-refractivity contribution in [3.63, 3.8) is 0 Å². The Morgan fingerprint density at radius 3 is 2.80 bits per heavy atom. The van der Waals surface area contributed by atoms with Gasteiger partial charge in [-0.3, -0.25) is 4.99 Å². The molecule has 2 heterocycles. The van der Waals surface area contributed by atoms with Crippen molar-refractivity contribution in [2.75, 3.05) is 13.6 Å². The molecule has 5 nitrogen and oxygen atoms in total. The van der Waals surface area contributed by atoms with Gasteiger partial charge in [-0.2, -0.15) is 0 Å². The van der Waals surface area contributed by atoms with Crippen LogP contribution in [0.15, 0.2) is 51.9 Å². The van der Waals surface area contributed by atoms with Crippen LogP contribution in [0.5, 0.6) is 0 Å². The van der Waals surface area contributed by atoms with Crippen molar-refractivity contribution in [1.82, 2.24) is 10.6 Å². The van der Waals surface area contributed by atoms with Crippen LogP contribution in [0.1, 0.15) is 29.7 Å². The molecule has 0 aliphatic carbocycles. The summed E-state index contributed by atoms with van der Waals surface area (Å²) in [5.41, 5.74) is 0.860. The van der Waals surface area contributed by atoms with Gasteiger partial charge in [0.25, 0.3) is 0 Å². The van der Waals surface area contributed by atoms with Gasteiger partial charge in [0, 0.05) is 23.9 Å². The SMILES string of the molecule is CN=C(NCC(O)c1ccc(Cl)s1)NC(C)c1cc2ccccc2o1. The molecule has 0 aliphatic heterocycles. The monoisotopic (exact) mass is 377 g/mol. The second kappa shape index (κ2) is 7.91. The van der Waals surface area contributed by atoms with Crippen molar-refractivity contribution in [1.29, 1.82) is 0 Å². The average molecular weight is 378 g/mol. The van der Waals surface area contributed by atoms with Crippen LogP contribution < -0.4 is 10.6 Å². The van der Waals surface area contributed by atoms with Crippen LogP contribution in [-0.2, 0) is 0 Å². The maximum atomic E-state index is 10.2. The molecule has 0 fully saturated rings. The van der Waals surface area contributed by atoms with Crippen LogP contribution in [0.3, 0.4) is 0 Å². The number of benzene rings is 1. The minimum atomic E-state index is -0.641. The number of hydrogen-bond acceptors (Lipinski definition) is 4. The highest BCUT2D eigenvalue weighted by atomic mass is 35.5. The Balaban J connectivity index is 1.59. The molecule has 25 heavy (non-hydrogen) atoms. The first-order valence-electron chi connectivity index (χ1n) is 7.96. The van der Waals surface area contributed by atoms with Crippen molar-refractivity contribution in [2.45, 2.75) is 19.1 Å². The normalized spacial score (nSPS) is 14.5. The first kappa shape index (κ1) is 17.8. The van der Waals surface area contributed by atoms with E-state index in [0.29, 0.717) is 16.8 Å². The summed E-state index contributed by atoms with van der Waals surface area (Å²) in [4.78, 5) is 5.02. The number of rotatable bonds is 5. The molecule has 3 N–H and O–H groups in total. The molecular formula is C18H20ClN3O2S. The number of nitrogens with one attached hydrogen (secondary N) is 2. The van der Waals surface area contributed by atoms with E-state index in [-0.39, 0.29) is 6.04 Å². The smallest absolute Gasteiger partial charge is 0.191 e. The Morgan fingerprint density at radius 1 is 1.32 bits per heavy atom. The fraction of sp³-hybridized carbons (Fsp3) is 0.278. The predicted octanol–water partition coefficient (Wildman–Crippen LogP) is 4.11. The van der Waals surface area contributed by atoms with Crippen molar-refractivity contribution < 1.29 is 9.52 Å². The van der Waals surface area contributed by atoms with Gasteiger partial charge in [-0.15, -0.1) is 11.3 Å². The van der Waals surface area contributed by atoms with Gasteiger partial charge < -0.3 is 20.2 Å². The lowest BCUT2D eigenvalue weighted by molar-refractivity contribution is 0.184. The Bertz CT molecular complexity index is 841. The zero-order valence-electron chi connectivity index (χ0n) is 14.0. The second-order valence-electron chi connectivity index (χ2n) is 5.66. The molecule has 0 spiro atoms. The number of guanidine groups is 1. The number of aliphatic hydroxyl groups excluding tert-OH is 1. The number of aliphatic hydroxyl groups is 1. The summed E-state index contributed by atoms with van der Waals surface area (Å²) in [5.74, 6) is 1.42. The van der Waals surface area contributed by atoms with Gasteiger partial charge in [0.05, 0.1) is 10.4 Å². The lowest BCUT2D eigenvalue weighted by Gasteiger charge is -2.17. The average Bonchev–Trinajstić information content (AvgIpc) is 3.24. The molecule has 3 rings (SSSR count). The fourth-order valence-electron chi connectivity index (χ4n) is 2.49. The molecule has 3 aromatic rings. The third kappa shape index (κ3) is 4.34. The van der Waals surface area contributed by atoms with Gasteiger partial charge >= 0.3 is 0 Å². The van der Waals surface area contributed by atoms with Gasteiger partial charge in [-0.1, -0.05) is 29.8 Å². The zero-order chi connectivity index (χ0) is 17.8. The first-order chi connectivity index (χ1) is 12.1. The van der Waals surface area contributed by atoms with Gasteiger partial charge in [0.2, 0.25) is 0 Å². The molecule has 0 saturated heterocycles. The topological polar surface area (TPSA) is 69.8 Å². The fourth-order valence-corrected chi connectivity index (χ4v) is 3.53. The second-order valence-corrected chi connectivity index (χ2v) is 7.41. The quantitative estimate of drug-likeness (QED) is 0.462. The number of furan rings is 1. The van der Waals surface area contributed by atoms with Gasteiger partial charge in [0.15, 0.2) is 5.96 Å². The maximum Gasteiger partial charge on any atom is 0.191 e. The van der Waals surface area contributed by atoms with E-state index >= 15 is 0 Å². The van der Waals surface area contributed by atoms with Crippen LogP contribution >= 0.6 is 22.9 Å². The minimum absolute atomic E-state index is 0.0630. The van der Waals surface area contributed by atoms with E-state index in [1.54, 1.807) is 13.1 Å². The number of thiophene rings is 1. The standard InChI is InChI=1S/C18H20ClN3O2S/c1-11(15-9-12-5-3-4-6-14(12)24-15)22-18(20-2)21-10-13(23)16-7-8-17(19)25-16/h3-9,11,13,23H,10H2,1-2H3,(H2,20,21,22). The van der Waals surface area contributed by atoms with E-state index in [2.05, 4.69) is 15.6 Å². The number of hydrogen-bond donors (Lipinski definition) is 3. The van der Waals surface area contributed by atoms with Crippen LogP contribution in [0.2, 0.25) is 4.34 Å². The predicted molar refractivity (Wildman–Crippen MR) is 103 cm³/mol. The summed E-state index contributed by atoms with van der Waals surface area (Å²) in [5, 5.41) is 17.7. The summed E-state index contributed by atoms with van der Waals surface area (Å²) in [6.45, 7) is 2.34. The van der Waals surface area contributed by atoms with E-state index in [1.807, 2.05) is 43.3 Å². The molecule has 132 valence electrons. The number of nitrogens with zero attached hydrogens (tertiary/aromatic N) is 1. The lowest BCUT2D eigenvalue weighted by atomic mass is 10.2. The van der Waals surface area contributed by atoms with Crippen molar-refractivity contribution in [3.05, 3.63) is 57.4 Å². The van der Waals surface area contributed by atoms with Crippen LogP contribution in [0, 0.1) is 0 Å². The minimum Gasteiger partial charge on any atom is -0.459 e. The lowest BCUT2D eigenvalue weighted by Crippen LogP contribution is -2.40.